The molecule has 1 aromatic carbocycles. The van der Waals surface area contributed by atoms with Crippen molar-refractivity contribution in [3.8, 4) is 0 Å². The minimum absolute atomic E-state index is 0. The van der Waals surface area contributed by atoms with Gasteiger partial charge < -0.3 is 12.4 Å². The fraction of sp³-hybridized carbons (Fsp3) is 0. The molecular formula is C6H3Cl2NS2. The van der Waals surface area contributed by atoms with Crippen molar-refractivity contribution in [2.75, 3.05) is 0 Å². The highest BCUT2D eigenvalue weighted by molar-refractivity contribution is 7.69. The van der Waals surface area contributed by atoms with E-state index in [1.54, 1.807) is 10.3 Å². The van der Waals surface area contributed by atoms with E-state index < -0.39 is 0 Å². The van der Waals surface area contributed by atoms with Gasteiger partial charge in [0.2, 0.25) is 0 Å². The van der Waals surface area contributed by atoms with Crippen molar-refractivity contribution < 1.29 is 12.4 Å². The van der Waals surface area contributed by atoms with Gasteiger partial charge in [0.25, 0.3) is 15.2 Å². The highest BCUT2D eigenvalue weighted by atomic mass is 35.5. The third-order valence-corrected chi connectivity index (χ3v) is 3.26. The maximum Gasteiger partial charge on any atom is 0.323 e. The van der Waals surface area contributed by atoms with Crippen LogP contribution in [0.15, 0.2) is 18.2 Å². The summed E-state index contributed by atoms with van der Waals surface area (Å²) in [5, 5.41) is 0.781. The molecular weight excluding hydrogens is 221 g/mol. The Hall–Kier alpha value is 0.0400. The van der Waals surface area contributed by atoms with Crippen LogP contribution in [0.5, 0.6) is 0 Å². The van der Waals surface area contributed by atoms with Crippen LogP contribution in [0.2, 0.25) is 5.02 Å². The van der Waals surface area contributed by atoms with Crippen molar-refractivity contribution in [3.05, 3.63) is 23.2 Å². The van der Waals surface area contributed by atoms with Crippen molar-refractivity contribution >= 4 is 42.7 Å². The van der Waals surface area contributed by atoms with Gasteiger partial charge in [-0.15, -0.1) is 4.37 Å². The minimum atomic E-state index is 0. The van der Waals surface area contributed by atoms with Gasteiger partial charge in [-0.1, -0.05) is 11.6 Å². The second-order valence-corrected chi connectivity index (χ2v) is 4.18. The maximum absolute atomic E-state index is 5.76. The van der Waals surface area contributed by atoms with Crippen LogP contribution in [0.3, 0.4) is 0 Å². The number of nitrogens with zero attached hydrogens (tertiary/aromatic N) is 1. The zero-order valence-electron chi connectivity index (χ0n) is 5.25. The van der Waals surface area contributed by atoms with Gasteiger partial charge in [0.05, 0.1) is 0 Å². The molecule has 5 heteroatoms. The molecule has 0 N–H and O–H groups in total. The Labute approximate surface area is 82.6 Å². The van der Waals surface area contributed by atoms with E-state index in [1.165, 1.54) is 10.5 Å². The van der Waals surface area contributed by atoms with Crippen LogP contribution in [0, 0.1) is 0 Å². The molecule has 2 rings (SSSR count). The highest BCUT2D eigenvalue weighted by Crippen LogP contribution is 2.24. The third-order valence-electron chi connectivity index (χ3n) is 1.18. The van der Waals surface area contributed by atoms with E-state index in [2.05, 4.69) is 4.37 Å². The first-order valence-corrected chi connectivity index (χ1v) is 5.19. The standard InChI is InChI=1S/C6H3ClNS2.ClH/c7-4-1-2-5-6(3-4)9-10-8-5;/h1-3H;1H/q+1;/p-1. The van der Waals surface area contributed by atoms with E-state index >= 15 is 0 Å². The number of fused-ring (bicyclic) bond motifs is 1. The number of rotatable bonds is 0. The SMILES string of the molecule is Clc1ccc2ns[s+]c2c1.[Cl-]. The molecule has 1 aromatic heterocycles. The van der Waals surface area contributed by atoms with Gasteiger partial charge >= 0.3 is 10.3 Å². The molecule has 11 heavy (non-hydrogen) atoms. The van der Waals surface area contributed by atoms with Gasteiger partial charge in [-0.05, 0) is 12.1 Å². The number of halogens is 2. The van der Waals surface area contributed by atoms with Crippen LogP contribution in [0.4, 0.5) is 0 Å². The largest absolute Gasteiger partial charge is 1.00 e. The Balaban J connectivity index is 0.000000605. The molecule has 0 amide bonds. The highest BCUT2D eigenvalue weighted by Gasteiger charge is 2.08. The molecule has 58 valence electrons. The summed E-state index contributed by atoms with van der Waals surface area (Å²) in [5.74, 6) is 0. The summed E-state index contributed by atoms with van der Waals surface area (Å²) in [4.78, 5) is 0. The van der Waals surface area contributed by atoms with Crippen LogP contribution in [-0.4, -0.2) is 4.37 Å². The quantitative estimate of drug-likeness (QED) is 0.463. The molecule has 0 atom stereocenters. The topological polar surface area (TPSA) is 12.9 Å². The molecule has 1 heterocycles. The Morgan fingerprint density at radius 2 is 2.27 bits per heavy atom. The summed E-state index contributed by atoms with van der Waals surface area (Å²) in [6.45, 7) is 0. The fourth-order valence-electron chi connectivity index (χ4n) is 0.729. The van der Waals surface area contributed by atoms with Crippen molar-refractivity contribution in [1.82, 2.24) is 4.37 Å². The number of aromatic nitrogens is 1. The maximum atomic E-state index is 5.76. The van der Waals surface area contributed by atoms with E-state index in [-0.39, 0.29) is 12.4 Å². The summed E-state index contributed by atoms with van der Waals surface area (Å²) in [5.41, 5.74) is 1.04. The lowest BCUT2D eigenvalue weighted by molar-refractivity contribution is -0.00000178. The van der Waals surface area contributed by atoms with E-state index in [0.29, 0.717) is 0 Å². The van der Waals surface area contributed by atoms with Gasteiger partial charge in [0, 0.05) is 11.1 Å². The van der Waals surface area contributed by atoms with Gasteiger partial charge in [-0.3, -0.25) is 0 Å². The lowest BCUT2D eigenvalue weighted by Crippen LogP contribution is -3.00. The van der Waals surface area contributed by atoms with E-state index in [0.717, 1.165) is 15.2 Å². The molecule has 0 radical (unpaired) electrons. The van der Waals surface area contributed by atoms with Gasteiger partial charge in [-0.2, -0.15) is 0 Å². The van der Waals surface area contributed by atoms with Crippen LogP contribution in [0.1, 0.15) is 0 Å². The van der Waals surface area contributed by atoms with E-state index in [4.69, 9.17) is 11.6 Å². The van der Waals surface area contributed by atoms with Gasteiger partial charge in [-0.25, -0.2) is 0 Å². The lowest BCUT2D eigenvalue weighted by atomic mass is 10.3. The normalized spacial score (nSPS) is 9.55. The molecule has 0 aliphatic heterocycles. The molecule has 0 bridgehead atoms. The van der Waals surface area contributed by atoms with Gasteiger partial charge in [0.1, 0.15) is 5.52 Å². The Kier molecular flexibility index (Phi) is 3.01. The minimum Gasteiger partial charge on any atom is -1.00 e. The summed E-state index contributed by atoms with van der Waals surface area (Å²) in [6, 6.07) is 5.73. The van der Waals surface area contributed by atoms with Gasteiger partial charge in [0.15, 0.2) is 0 Å². The molecule has 0 aliphatic rings. The molecule has 0 aliphatic carbocycles. The summed E-state index contributed by atoms with van der Waals surface area (Å²) in [6.07, 6.45) is 0. The average Bonchev–Trinajstić information content (AvgIpc) is 2.33. The van der Waals surface area contributed by atoms with Crippen LogP contribution < -0.4 is 12.4 Å². The Morgan fingerprint density at radius 1 is 1.45 bits per heavy atom. The fourth-order valence-corrected chi connectivity index (χ4v) is 2.75. The van der Waals surface area contributed by atoms with E-state index in [1.807, 2.05) is 18.2 Å². The van der Waals surface area contributed by atoms with Crippen molar-refractivity contribution in [3.63, 3.8) is 0 Å². The first-order chi connectivity index (χ1) is 4.86. The van der Waals surface area contributed by atoms with E-state index in [9.17, 15) is 0 Å². The molecule has 0 saturated heterocycles. The second-order valence-electron chi connectivity index (χ2n) is 1.86. The van der Waals surface area contributed by atoms with Crippen molar-refractivity contribution in [2.45, 2.75) is 0 Å². The zero-order valence-corrected chi connectivity index (χ0v) is 8.40. The average molecular weight is 224 g/mol. The molecule has 0 saturated carbocycles. The second kappa shape index (κ2) is 3.63. The number of benzene rings is 1. The van der Waals surface area contributed by atoms with Crippen LogP contribution in [0.25, 0.3) is 10.2 Å². The van der Waals surface area contributed by atoms with Crippen molar-refractivity contribution in [2.24, 2.45) is 0 Å². The number of hydrogen-bond donors (Lipinski definition) is 0. The summed E-state index contributed by atoms with van der Waals surface area (Å²) in [7, 11) is 3.14. The molecule has 0 fully saturated rings. The predicted octanol–water partition coefficient (Wildman–Crippen LogP) is 0.296. The lowest BCUT2D eigenvalue weighted by Gasteiger charge is -1.80. The molecule has 2 aromatic rings. The first-order valence-electron chi connectivity index (χ1n) is 2.70. The summed E-state index contributed by atoms with van der Waals surface area (Å²) >= 11 is 5.76. The predicted molar refractivity (Wildman–Crippen MR) is 46.9 cm³/mol. The molecule has 0 spiro atoms. The summed E-state index contributed by atoms with van der Waals surface area (Å²) < 4.78 is 5.33. The third kappa shape index (κ3) is 1.79. The zero-order chi connectivity index (χ0) is 6.97. The van der Waals surface area contributed by atoms with Crippen LogP contribution in [-0.2, 0) is 0 Å². The first kappa shape index (κ1) is 9.13. The van der Waals surface area contributed by atoms with Crippen molar-refractivity contribution in [1.29, 1.82) is 0 Å². The molecule has 0 unspecified atom stereocenters. The smallest absolute Gasteiger partial charge is 0.323 e. The molecule has 1 nitrogen and oxygen atoms in total. The Bertz CT molecular complexity index is 360. The number of hydrogen-bond acceptors (Lipinski definition) is 2. The monoisotopic (exact) mass is 223 g/mol. The Morgan fingerprint density at radius 3 is 3.09 bits per heavy atom. The van der Waals surface area contributed by atoms with Crippen LogP contribution >= 0.6 is 32.5 Å².